The van der Waals surface area contributed by atoms with E-state index >= 15 is 0 Å². The molecule has 2 N–H and O–H groups in total. The van der Waals surface area contributed by atoms with E-state index in [9.17, 15) is 9.90 Å². The summed E-state index contributed by atoms with van der Waals surface area (Å²) in [6, 6.07) is 16.1. The minimum atomic E-state index is -0.168. The van der Waals surface area contributed by atoms with Gasteiger partial charge in [-0.2, -0.15) is 0 Å². The lowest BCUT2D eigenvalue weighted by molar-refractivity contribution is 0.0954. The smallest absolute Gasteiger partial charge is 0.251 e. The molecule has 116 valence electrons. The molecule has 5 heteroatoms. The number of fused-ring (bicyclic) bond motifs is 1. The molecule has 0 atom stereocenters. The first-order valence-electron chi connectivity index (χ1n) is 7.24. The van der Waals surface area contributed by atoms with Crippen molar-refractivity contribution in [1.82, 2.24) is 10.3 Å². The lowest BCUT2D eigenvalue weighted by atomic mass is 10.1. The Labute approximate surface area is 138 Å². The van der Waals surface area contributed by atoms with E-state index in [-0.39, 0.29) is 11.8 Å². The van der Waals surface area contributed by atoms with Crippen LogP contribution < -0.4 is 5.32 Å². The van der Waals surface area contributed by atoms with Crippen molar-refractivity contribution in [1.29, 1.82) is 0 Å². The van der Waals surface area contributed by atoms with E-state index in [0.717, 1.165) is 10.9 Å². The molecule has 23 heavy (non-hydrogen) atoms. The van der Waals surface area contributed by atoms with Crippen molar-refractivity contribution >= 4 is 28.4 Å². The average molecular weight is 327 g/mol. The molecule has 0 radical (unpaired) electrons. The third kappa shape index (κ3) is 3.79. The zero-order chi connectivity index (χ0) is 16.2. The number of nitrogens with zero attached hydrogens (tertiary/aromatic N) is 1. The van der Waals surface area contributed by atoms with E-state index in [0.29, 0.717) is 29.1 Å². The maximum Gasteiger partial charge on any atom is 0.251 e. The Morgan fingerprint density at radius 1 is 1.13 bits per heavy atom. The van der Waals surface area contributed by atoms with Crippen LogP contribution in [0.5, 0.6) is 5.88 Å². The highest BCUT2D eigenvalue weighted by Gasteiger charge is 2.07. The molecule has 1 aromatic heterocycles. The van der Waals surface area contributed by atoms with Crippen LogP contribution in [0.3, 0.4) is 0 Å². The summed E-state index contributed by atoms with van der Waals surface area (Å²) in [4.78, 5) is 16.2. The molecule has 0 aliphatic rings. The summed E-state index contributed by atoms with van der Waals surface area (Å²) in [6.07, 6.45) is 0.707. The van der Waals surface area contributed by atoms with Crippen LogP contribution in [0.1, 0.15) is 15.9 Å². The number of aromatic hydroxyl groups is 1. The van der Waals surface area contributed by atoms with Gasteiger partial charge in [0, 0.05) is 28.6 Å². The number of carbonyl (C=O) groups excluding carboxylic acids is 1. The third-order valence-corrected chi connectivity index (χ3v) is 3.76. The van der Waals surface area contributed by atoms with Gasteiger partial charge < -0.3 is 10.4 Å². The second kappa shape index (κ2) is 6.67. The maximum atomic E-state index is 12.2. The fourth-order valence-electron chi connectivity index (χ4n) is 2.36. The molecule has 3 aromatic rings. The van der Waals surface area contributed by atoms with E-state index in [1.54, 1.807) is 18.2 Å². The quantitative estimate of drug-likeness (QED) is 0.770. The summed E-state index contributed by atoms with van der Waals surface area (Å²) in [5.74, 6) is -0.227. The van der Waals surface area contributed by atoms with Crippen LogP contribution in [0.15, 0.2) is 54.6 Å². The van der Waals surface area contributed by atoms with Gasteiger partial charge in [0.25, 0.3) is 5.91 Å². The van der Waals surface area contributed by atoms with Crippen LogP contribution in [0.25, 0.3) is 10.9 Å². The Bertz CT molecular complexity index is 865. The van der Waals surface area contributed by atoms with Crippen LogP contribution >= 0.6 is 11.6 Å². The first-order chi connectivity index (χ1) is 11.1. The van der Waals surface area contributed by atoms with E-state index in [2.05, 4.69) is 10.3 Å². The molecule has 0 saturated carbocycles. The SMILES string of the molecule is O=C(NCCc1cccc(Cl)c1)c1ccc2ccc(O)nc2c1. The first kappa shape index (κ1) is 15.3. The minimum absolute atomic E-state index is 0.0592. The largest absolute Gasteiger partial charge is 0.493 e. The second-order valence-corrected chi connectivity index (χ2v) is 5.65. The number of nitrogens with one attached hydrogen (secondary N) is 1. The molecule has 2 aromatic carbocycles. The van der Waals surface area contributed by atoms with Crippen molar-refractivity contribution in [3.05, 3.63) is 70.7 Å². The summed E-state index contributed by atoms with van der Waals surface area (Å²) in [5.41, 5.74) is 2.18. The predicted molar refractivity (Wildman–Crippen MR) is 90.9 cm³/mol. The van der Waals surface area contributed by atoms with E-state index < -0.39 is 0 Å². The molecule has 0 aliphatic carbocycles. The van der Waals surface area contributed by atoms with Crippen LogP contribution in [-0.4, -0.2) is 22.5 Å². The number of carbonyl (C=O) groups is 1. The summed E-state index contributed by atoms with van der Waals surface area (Å²) in [7, 11) is 0. The fourth-order valence-corrected chi connectivity index (χ4v) is 2.58. The van der Waals surface area contributed by atoms with Crippen molar-refractivity contribution in [2.75, 3.05) is 6.54 Å². The van der Waals surface area contributed by atoms with Gasteiger partial charge in [0.05, 0.1) is 5.52 Å². The Morgan fingerprint density at radius 2 is 1.96 bits per heavy atom. The molecular weight excluding hydrogens is 312 g/mol. The highest BCUT2D eigenvalue weighted by molar-refractivity contribution is 6.30. The molecule has 0 bridgehead atoms. The van der Waals surface area contributed by atoms with Gasteiger partial charge in [-0.1, -0.05) is 29.8 Å². The number of benzene rings is 2. The Balaban J connectivity index is 1.66. The van der Waals surface area contributed by atoms with Gasteiger partial charge in [0.15, 0.2) is 0 Å². The highest BCUT2D eigenvalue weighted by Crippen LogP contribution is 2.17. The maximum absolute atomic E-state index is 12.2. The number of rotatable bonds is 4. The second-order valence-electron chi connectivity index (χ2n) is 5.21. The van der Waals surface area contributed by atoms with E-state index in [1.807, 2.05) is 30.3 Å². The zero-order valence-corrected chi connectivity index (χ0v) is 13.0. The predicted octanol–water partition coefficient (Wildman–Crippen LogP) is 3.57. The van der Waals surface area contributed by atoms with Crippen LogP contribution in [0.2, 0.25) is 5.02 Å². The van der Waals surface area contributed by atoms with Gasteiger partial charge in [0.2, 0.25) is 5.88 Å². The number of hydrogen-bond acceptors (Lipinski definition) is 3. The van der Waals surface area contributed by atoms with Gasteiger partial charge >= 0.3 is 0 Å². The first-order valence-corrected chi connectivity index (χ1v) is 7.62. The summed E-state index contributed by atoms with van der Waals surface area (Å²) in [5, 5.41) is 13.9. The summed E-state index contributed by atoms with van der Waals surface area (Å²) < 4.78 is 0. The molecule has 0 unspecified atom stereocenters. The van der Waals surface area contributed by atoms with Gasteiger partial charge in [-0.3, -0.25) is 4.79 Å². The normalized spacial score (nSPS) is 10.7. The molecule has 0 spiro atoms. The van der Waals surface area contributed by atoms with Crippen molar-refractivity contribution in [2.24, 2.45) is 0 Å². The van der Waals surface area contributed by atoms with Crippen molar-refractivity contribution in [3.8, 4) is 5.88 Å². The molecule has 3 rings (SSSR count). The summed E-state index contributed by atoms with van der Waals surface area (Å²) >= 11 is 5.94. The lowest BCUT2D eigenvalue weighted by Gasteiger charge is -2.07. The minimum Gasteiger partial charge on any atom is -0.493 e. The van der Waals surface area contributed by atoms with Crippen molar-refractivity contribution < 1.29 is 9.90 Å². The molecule has 0 fully saturated rings. The number of aromatic nitrogens is 1. The fraction of sp³-hybridized carbons (Fsp3) is 0.111. The van der Waals surface area contributed by atoms with E-state index in [4.69, 9.17) is 11.6 Å². The van der Waals surface area contributed by atoms with Gasteiger partial charge in [-0.05, 0) is 42.3 Å². The molecular formula is C18H15ClN2O2. The number of amides is 1. The Hall–Kier alpha value is -2.59. The average Bonchev–Trinajstić information content (AvgIpc) is 2.54. The highest BCUT2D eigenvalue weighted by atomic mass is 35.5. The molecule has 0 saturated heterocycles. The third-order valence-electron chi connectivity index (χ3n) is 3.53. The van der Waals surface area contributed by atoms with Crippen molar-refractivity contribution in [3.63, 3.8) is 0 Å². The van der Waals surface area contributed by atoms with Gasteiger partial charge in [-0.15, -0.1) is 0 Å². The number of pyridine rings is 1. The Morgan fingerprint density at radius 3 is 2.78 bits per heavy atom. The monoisotopic (exact) mass is 326 g/mol. The summed E-state index contributed by atoms with van der Waals surface area (Å²) in [6.45, 7) is 0.519. The molecule has 4 nitrogen and oxygen atoms in total. The number of halogens is 1. The topological polar surface area (TPSA) is 62.2 Å². The van der Waals surface area contributed by atoms with E-state index in [1.165, 1.54) is 6.07 Å². The lowest BCUT2D eigenvalue weighted by Crippen LogP contribution is -2.25. The standard InChI is InChI=1S/C18H15ClN2O2/c19-15-3-1-2-12(10-15)8-9-20-18(23)14-5-4-13-6-7-17(22)21-16(13)11-14/h1-7,10-11H,8-9H2,(H,20,23)(H,21,22). The van der Waals surface area contributed by atoms with Crippen LogP contribution in [-0.2, 0) is 6.42 Å². The Kier molecular flexibility index (Phi) is 4.44. The van der Waals surface area contributed by atoms with Crippen LogP contribution in [0.4, 0.5) is 0 Å². The molecule has 1 heterocycles. The number of hydrogen-bond donors (Lipinski definition) is 2. The zero-order valence-electron chi connectivity index (χ0n) is 12.3. The van der Waals surface area contributed by atoms with Crippen LogP contribution in [0, 0.1) is 0 Å². The van der Waals surface area contributed by atoms with Gasteiger partial charge in [-0.25, -0.2) is 4.98 Å². The van der Waals surface area contributed by atoms with Crippen molar-refractivity contribution in [2.45, 2.75) is 6.42 Å². The molecule has 1 amide bonds. The van der Waals surface area contributed by atoms with Gasteiger partial charge in [0.1, 0.15) is 0 Å². The molecule has 0 aliphatic heterocycles.